The van der Waals surface area contributed by atoms with Crippen LogP contribution >= 0.6 is 0 Å². The second-order valence-electron chi connectivity index (χ2n) is 7.46. The van der Waals surface area contributed by atoms with E-state index in [0.717, 1.165) is 31.1 Å². The molecule has 2 aliphatic rings. The summed E-state index contributed by atoms with van der Waals surface area (Å²) in [7, 11) is 6.31. The van der Waals surface area contributed by atoms with E-state index >= 15 is 0 Å². The maximum absolute atomic E-state index is 13.4. The molecule has 0 spiro atoms. The highest BCUT2D eigenvalue weighted by molar-refractivity contribution is 5.85. The number of rotatable bonds is 3. The molecule has 2 N–H and O–H groups in total. The Labute approximate surface area is 152 Å². The lowest BCUT2D eigenvalue weighted by Gasteiger charge is -2.30. The summed E-state index contributed by atoms with van der Waals surface area (Å²) < 4.78 is 27.5. The number of hydrogen-bond donors (Lipinski definition) is 2. The summed E-state index contributed by atoms with van der Waals surface area (Å²) in [6.45, 7) is 0. The fourth-order valence-corrected chi connectivity index (χ4v) is 4.14. The Bertz CT molecular complexity index is 884. The lowest BCUT2D eigenvalue weighted by molar-refractivity contribution is 0.428. The average molecular weight is 357 g/mol. The van der Waals surface area contributed by atoms with Crippen molar-refractivity contribution >= 4 is 22.9 Å². The molecule has 1 aromatic carbocycles. The maximum atomic E-state index is 13.4. The third-order valence-electron chi connectivity index (χ3n) is 5.48. The molecule has 1 aromatic heterocycles. The van der Waals surface area contributed by atoms with Crippen LogP contribution in [-0.4, -0.2) is 32.2 Å². The van der Waals surface area contributed by atoms with Gasteiger partial charge in [-0.2, -0.15) is 4.98 Å². The van der Waals surface area contributed by atoms with Crippen molar-refractivity contribution in [2.45, 2.75) is 25.3 Å². The molecule has 2 heterocycles. The van der Waals surface area contributed by atoms with Gasteiger partial charge in [-0.05, 0) is 44.2 Å². The van der Waals surface area contributed by atoms with E-state index < -0.39 is 11.6 Å². The number of nitrogens with zero attached hydrogens (tertiary/aromatic N) is 2. The molecule has 0 amide bonds. The Morgan fingerprint density at radius 2 is 1.85 bits per heavy atom. The predicted molar refractivity (Wildman–Crippen MR) is 101 cm³/mol. The molecule has 2 aromatic rings. The fraction of sp³-hybridized carbons (Fsp3) is 0.350. The van der Waals surface area contributed by atoms with Crippen molar-refractivity contribution in [3.05, 3.63) is 53.2 Å². The molecular weight excluding hydrogens is 334 g/mol. The molecule has 6 heteroatoms. The van der Waals surface area contributed by atoms with Gasteiger partial charge in [-0.3, -0.25) is 0 Å². The van der Waals surface area contributed by atoms with Crippen LogP contribution in [0.25, 0.3) is 5.57 Å². The molecule has 0 fully saturated rings. The molecule has 136 valence electrons. The first-order valence-corrected chi connectivity index (χ1v) is 8.87. The summed E-state index contributed by atoms with van der Waals surface area (Å²) in [5.41, 5.74) is 4.33. The van der Waals surface area contributed by atoms with Gasteiger partial charge in [0.2, 0.25) is 5.82 Å². The molecular formula is C20H23F2N4+. The van der Waals surface area contributed by atoms with E-state index in [0.29, 0.717) is 22.0 Å². The number of anilines is 2. The van der Waals surface area contributed by atoms with Gasteiger partial charge < -0.3 is 10.6 Å². The zero-order valence-electron chi connectivity index (χ0n) is 15.2. The predicted octanol–water partition coefficient (Wildman–Crippen LogP) is 4.17. The molecule has 0 radical (unpaired) electrons. The number of nitrogens with one attached hydrogen (secondary N) is 2. The van der Waals surface area contributed by atoms with Crippen molar-refractivity contribution in [1.29, 1.82) is 0 Å². The SMILES string of the molecule is CNC1CCC2=C(C1)c1ccc(Nc3cc(F)cc(F)c3)nc1[N+]2(C)C. The van der Waals surface area contributed by atoms with Crippen LogP contribution in [-0.2, 0) is 0 Å². The van der Waals surface area contributed by atoms with Gasteiger partial charge in [-0.15, -0.1) is 0 Å². The quantitative estimate of drug-likeness (QED) is 0.810. The molecule has 4 rings (SSSR count). The van der Waals surface area contributed by atoms with Gasteiger partial charge in [-0.25, -0.2) is 13.3 Å². The summed E-state index contributed by atoms with van der Waals surface area (Å²) in [4.78, 5) is 4.79. The number of allylic oxidation sites excluding steroid dienone is 1. The molecule has 1 aliphatic heterocycles. The van der Waals surface area contributed by atoms with Crippen LogP contribution in [0.1, 0.15) is 24.8 Å². The highest BCUT2D eigenvalue weighted by Gasteiger charge is 2.43. The standard InChI is InChI=1S/C20H23F2N4/c1-23-14-4-6-18-17(11-14)16-5-7-19(25-20(16)26(18,2)3)24-15-9-12(21)8-13(22)10-15/h5,7-10,14,23H,4,6,11H2,1-3H3,(H,24,25)/q+1. The zero-order valence-corrected chi connectivity index (χ0v) is 15.2. The second-order valence-corrected chi connectivity index (χ2v) is 7.46. The molecule has 1 aliphatic carbocycles. The number of aromatic nitrogens is 1. The largest absolute Gasteiger partial charge is 0.340 e. The molecule has 0 bridgehead atoms. The van der Waals surface area contributed by atoms with Crippen LogP contribution in [0.4, 0.5) is 26.1 Å². The van der Waals surface area contributed by atoms with Crippen LogP contribution in [0.5, 0.6) is 0 Å². The van der Waals surface area contributed by atoms with Gasteiger partial charge in [0.15, 0.2) is 0 Å². The highest BCUT2D eigenvalue weighted by Crippen LogP contribution is 2.48. The van der Waals surface area contributed by atoms with Gasteiger partial charge in [0.25, 0.3) is 0 Å². The smallest absolute Gasteiger partial charge is 0.241 e. The van der Waals surface area contributed by atoms with E-state index in [1.807, 2.05) is 13.1 Å². The third-order valence-corrected chi connectivity index (χ3v) is 5.48. The molecule has 1 atom stereocenters. The normalized spacial score (nSPS) is 20.7. The van der Waals surface area contributed by atoms with Crippen molar-refractivity contribution in [3.63, 3.8) is 0 Å². The summed E-state index contributed by atoms with van der Waals surface area (Å²) >= 11 is 0. The third kappa shape index (κ3) is 2.79. The van der Waals surface area contributed by atoms with E-state index in [2.05, 4.69) is 30.8 Å². The van der Waals surface area contributed by atoms with Crippen LogP contribution in [0.2, 0.25) is 0 Å². The average Bonchev–Trinajstić information content (AvgIpc) is 2.81. The molecule has 4 nitrogen and oxygen atoms in total. The van der Waals surface area contributed by atoms with Gasteiger partial charge in [0, 0.05) is 29.8 Å². The molecule has 0 saturated carbocycles. The van der Waals surface area contributed by atoms with Crippen molar-refractivity contribution in [1.82, 2.24) is 14.8 Å². The van der Waals surface area contributed by atoms with Gasteiger partial charge in [-0.1, -0.05) is 0 Å². The Hall–Kier alpha value is -2.31. The van der Waals surface area contributed by atoms with E-state index in [4.69, 9.17) is 4.98 Å². The lowest BCUT2D eigenvalue weighted by Crippen LogP contribution is -2.40. The van der Waals surface area contributed by atoms with E-state index in [1.54, 1.807) is 0 Å². The van der Waals surface area contributed by atoms with E-state index in [9.17, 15) is 8.78 Å². The van der Waals surface area contributed by atoms with Crippen LogP contribution < -0.4 is 15.1 Å². The van der Waals surface area contributed by atoms with Gasteiger partial charge >= 0.3 is 0 Å². The second kappa shape index (κ2) is 6.14. The Balaban J connectivity index is 1.69. The van der Waals surface area contributed by atoms with Crippen molar-refractivity contribution < 1.29 is 8.78 Å². The number of pyridine rings is 1. The Morgan fingerprint density at radius 1 is 1.12 bits per heavy atom. The minimum absolute atomic E-state index is 0.353. The first-order valence-electron chi connectivity index (χ1n) is 8.87. The van der Waals surface area contributed by atoms with Crippen molar-refractivity contribution in [3.8, 4) is 0 Å². The minimum atomic E-state index is -0.611. The Morgan fingerprint density at radius 3 is 2.54 bits per heavy atom. The lowest BCUT2D eigenvalue weighted by atomic mass is 9.90. The first kappa shape index (κ1) is 17.1. The van der Waals surface area contributed by atoms with Gasteiger partial charge in [0.1, 0.15) is 23.1 Å². The number of halogens is 2. The number of benzene rings is 1. The number of quaternary nitrogens is 1. The topological polar surface area (TPSA) is 37.0 Å². The Kier molecular flexibility index (Phi) is 4.04. The monoisotopic (exact) mass is 357 g/mol. The molecule has 0 saturated heterocycles. The molecule has 1 unspecified atom stereocenters. The van der Waals surface area contributed by atoms with Crippen molar-refractivity contribution in [2.24, 2.45) is 0 Å². The molecule has 26 heavy (non-hydrogen) atoms. The summed E-state index contributed by atoms with van der Waals surface area (Å²) in [6.07, 6.45) is 3.17. The maximum Gasteiger partial charge on any atom is 0.241 e. The van der Waals surface area contributed by atoms with Crippen LogP contribution in [0.3, 0.4) is 0 Å². The summed E-state index contributed by atoms with van der Waals surface area (Å²) in [5.74, 6) is 0.346. The summed E-state index contributed by atoms with van der Waals surface area (Å²) in [5, 5.41) is 6.41. The van der Waals surface area contributed by atoms with Crippen molar-refractivity contribution in [2.75, 3.05) is 26.5 Å². The fourth-order valence-electron chi connectivity index (χ4n) is 4.14. The number of fused-ring (bicyclic) bond motifs is 2. The van der Waals surface area contributed by atoms with Crippen LogP contribution in [0.15, 0.2) is 36.0 Å². The first-order chi connectivity index (χ1) is 12.4. The van der Waals surface area contributed by atoms with Crippen LogP contribution in [0, 0.1) is 11.6 Å². The highest BCUT2D eigenvalue weighted by atomic mass is 19.1. The minimum Gasteiger partial charge on any atom is -0.340 e. The van der Waals surface area contributed by atoms with E-state index in [1.165, 1.54) is 29.0 Å². The van der Waals surface area contributed by atoms with E-state index in [-0.39, 0.29) is 0 Å². The summed E-state index contributed by atoms with van der Waals surface area (Å²) in [6, 6.07) is 7.82. The van der Waals surface area contributed by atoms with Gasteiger partial charge in [0.05, 0.1) is 19.7 Å². The number of hydrogen-bond acceptors (Lipinski definition) is 3. The zero-order chi connectivity index (χ0) is 18.5.